The van der Waals surface area contributed by atoms with E-state index in [4.69, 9.17) is 10.2 Å². The van der Waals surface area contributed by atoms with Crippen molar-refractivity contribution >= 4 is 11.8 Å². The Morgan fingerprint density at radius 1 is 1.39 bits per heavy atom. The van der Waals surface area contributed by atoms with E-state index in [1.807, 2.05) is 0 Å². The highest BCUT2D eigenvalue weighted by molar-refractivity contribution is 5.93. The van der Waals surface area contributed by atoms with Crippen molar-refractivity contribution in [2.75, 3.05) is 0 Å². The molecule has 0 spiro atoms. The van der Waals surface area contributed by atoms with Gasteiger partial charge in [-0.2, -0.15) is 0 Å². The molecule has 0 aromatic carbocycles. The van der Waals surface area contributed by atoms with E-state index in [1.165, 1.54) is 6.07 Å². The molecule has 0 aliphatic heterocycles. The van der Waals surface area contributed by atoms with Crippen LogP contribution in [0.1, 0.15) is 56.8 Å². The highest BCUT2D eigenvalue weighted by atomic mass is 16.3. The van der Waals surface area contributed by atoms with Gasteiger partial charge in [-0.15, -0.1) is 0 Å². The highest BCUT2D eigenvalue weighted by Crippen LogP contribution is 2.28. The standard InChI is InChI=1S/C16H17N3O4/c1-8-5-6-13(23-8)16(22)19-12-4-2-3-11-9(12)7-10(14(17)20)15(21)18-11/h5-7,12H,2-4H2,1H3,(H2,17,20)(H,18,21)(H,19,22). The zero-order valence-corrected chi connectivity index (χ0v) is 12.6. The van der Waals surface area contributed by atoms with E-state index in [1.54, 1.807) is 19.1 Å². The lowest BCUT2D eigenvalue weighted by atomic mass is 9.90. The summed E-state index contributed by atoms with van der Waals surface area (Å²) in [4.78, 5) is 38.1. The molecule has 2 heterocycles. The maximum atomic E-state index is 12.3. The van der Waals surface area contributed by atoms with Gasteiger partial charge in [0.1, 0.15) is 11.3 Å². The summed E-state index contributed by atoms with van der Waals surface area (Å²) in [6.07, 6.45) is 2.22. The second kappa shape index (κ2) is 5.75. The van der Waals surface area contributed by atoms with Crippen molar-refractivity contribution in [2.45, 2.75) is 32.2 Å². The molecular formula is C16H17N3O4. The van der Waals surface area contributed by atoms with Crippen LogP contribution in [0.4, 0.5) is 0 Å². The molecule has 1 atom stereocenters. The predicted molar refractivity (Wildman–Crippen MR) is 82.2 cm³/mol. The maximum absolute atomic E-state index is 12.3. The van der Waals surface area contributed by atoms with Crippen LogP contribution in [0.3, 0.4) is 0 Å². The molecule has 7 heteroatoms. The summed E-state index contributed by atoms with van der Waals surface area (Å²) in [7, 11) is 0. The number of aromatic nitrogens is 1. The Morgan fingerprint density at radius 3 is 2.83 bits per heavy atom. The number of fused-ring (bicyclic) bond motifs is 1. The second-order valence-electron chi connectivity index (χ2n) is 5.64. The SMILES string of the molecule is Cc1ccc(C(=O)NC2CCCc3[nH]c(=O)c(C(N)=O)cc32)o1. The Bertz CT molecular complexity index is 834. The Labute approximate surface area is 131 Å². The molecule has 23 heavy (non-hydrogen) atoms. The van der Waals surface area contributed by atoms with Crippen molar-refractivity contribution in [2.24, 2.45) is 5.73 Å². The molecule has 3 rings (SSSR count). The van der Waals surface area contributed by atoms with Gasteiger partial charge < -0.3 is 20.5 Å². The van der Waals surface area contributed by atoms with Crippen LogP contribution in [0.25, 0.3) is 0 Å². The topological polar surface area (TPSA) is 118 Å². The number of nitrogens with one attached hydrogen (secondary N) is 2. The van der Waals surface area contributed by atoms with E-state index in [0.29, 0.717) is 18.6 Å². The normalized spacial score (nSPS) is 16.7. The number of nitrogens with two attached hydrogens (primary N) is 1. The monoisotopic (exact) mass is 315 g/mol. The minimum Gasteiger partial charge on any atom is -0.456 e. The lowest BCUT2D eigenvalue weighted by Crippen LogP contribution is -2.34. The number of primary amides is 1. The van der Waals surface area contributed by atoms with Gasteiger partial charge in [-0.3, -0.25) is 14.4 Å². The Kier molecular flexibility index (Phi) is 3.77. The van der Waals surface area contributed by atoms with E-state index in [2.05, 4.69) is 10.3 Å². The highest BCUT2D eigenvalue weighted by Gasteiger charge is 2.25. The van der Waals surface area contributed by atoms with Gasteiger partial charge in [-0.25, -0.2) is 0 Å². The minimum atomic E-state index is -0.786. The van der Waals surface area contributed by atoms with E-state index in [-0.39, 0.29) is 23.3 Å². The third-order valence-electron chi connectivity index (χ3n) is 3.99. The van der Waals surface area contributed by atoms with Crippen molar-refractivity contribution in [3.63, 3.8) is 0 Å². The van der Waals surface area contributed by atoms with Crippen molar-refractivity contribution in [1.29, 1.82) is 0 Å². The first-order valence-corrected chi connectivity index (χ1v) is 7.39. The number of amides is 2. The summed E-state index contributed by atoms with van der Waals surface area (Å²) < 4.78 is 5.31. The number of aryl methyl sites for hydroxylation is 2. The summed E-state index contributed by atoms with van der Waals surface area (Å²) in [5.74, 6) is -0.233. The third kappa shape index (κ3) is 2.90. The average Bonchev–Trinajstić information content (AvgIpc) is 2.93. The zero-order valence-electron chi connectivity index (χ0n) is 12.6. The lowest BCUT2D eigenvalue weighted by Gasteiger charge is -2.26. The largest absolute Gasteiger partial charge is 0.456 e. The van der Waals surface area contributed by atoms with Gasteiger partial charge in [-0.05, 0) is 49.9 Å². The predicted octanol–water partition coefficient (Wildman–Crippen LogP) is 1.18. The van der Waals surface area contributed by atoms with Gasteiger partial charge >= 0.3 is 0 Å². The number of aromatic amines is 1. The van der Waals surface area contributed by atoms with Crippen molar-refractivity contribution in [3.05, 3.63) is 56.9 Å². The number of hydrogen-bond donors (Lipinski definition) is 3. The summed E-state index contributed by atoms with van der Waals surface area (Å²) in [5, 5.41) is 2.88. The Hall–Kier alpha value is -2.83. The quantitative estimate of drug-likeness (QED) is 0.788. The number of hydrogen-bond acceptors (Lipinski definition) is 4. The summed E-state index contributed by atoms with van der Waals surface area (Å²) in [5.41, 5.74) is 6.09. The van der Waals surface area contributed by atoms with Gasteiger partial charge in [0, 0.05) is 5.69 Å². The van der Waals surface area contributed by atoms with Crippen LogP contribution in [-0.4, -0.2) is 16.8 Å². The zero-order chi connectivity index (χ0) is 16.6. The third-order valence-corrected chi connectivity index (χ3v) is 3.99. The van der Waals surface area contributed by atoms with Gasteiger partial charge in [0.25, 0.3) is 17.4 Å². The summed E-state index contributed by atoms with van der Waals surface area (Å²) >= 11 is 0. The molecular weight excluding hydrogens is 298 g/mol. The molecule has 2 aromatic heterocycles. The number of carbonyl (C=O) groups excluding carboxylic acids is 2. The molecule has 0 bridgehead atoms. The Balaban J connectivity index is 1.91. The molecule has 2 aromatic rings. The minimum absolute atomic E-state index is 0.0984. The molecule has 1 unspecified atom stereocenters. The van der Waals surface area contributed by atoms with Crippen LogP contribution >= 0.6 is 0 Å². The fourth-order valence-corrected chi connectivity index (χ4v) is 2.86. The van der Waals surface area contributed by atoms with E-state index in [9.17, 15) is 14.4 Å². The number of pyridine rings is 1. The van der Waals surface area contributed by atoms with Crippen molar-refractivity contribution < 1.29 is 14.0 Å². The van der Waals surface area contributed by atoms with Gasteiger partial charge in [0.15, 0.2) is 5.76 Å². The first-order valence-electron chi connectivity index (χ1n) is 7.39. The molecule has 0 fully saturated rings. The van der Waals surface area contributed by atoms with Crippen LogP contribution in [0.5, 0.6) is 0 Å². The number of carbonyl (C=O) groups is 2. The van der Waals surface area contributed by atoms with E-state index >= 15 is 0 Å². The van der Waals surface area contributed by atoms with Crippen LogP contribution < -0.4 is 16.6 Å². The van der Waals surface area contributed by atoms with Gasteiger partial charge in [0.2, 0.25) is 0 Å². The lowest BCUT2D eigenvalue weighted by molar-refractivity contribution is 0.0903. The maximum Gasteiger partial charge on any atom is 0.287 e. The van der Waals surface area contributed by atoms with Gasteiger partial charge in [-0.1, -0.05) is 0 Å². The number of rotatable bonds is 3. The molecule has 0 saturated heterocycles. The molecule has 0 saturated carbocycles. The molecule has 1 aliphatic carbocycles. The molecule has 120 valence electrons. The van der Waals surface area contributed by atoms with Crippen LogP contribution in [-0.2, 0) is 6.42 Å². The van der Waals surface area contributed by atoms with Crippen LogP contribution in [0.15, 0.2) is 27.4 Å². The van der Waals surface area contributed by atoms with E-state index < -0.39 is 11.5 Å². The summed E-state index contributed by atoms with van der Waals surface area (Å²) in [6.45, 7) is 1.76. The fourth-order valence-electron chi connectivity index (χ4n) is 2.86. The molecule has 7 nitrogen and oxygen atoms in total. The van der Waals surface area contributed by atoms with Gasteiger partial charge in [0.05, 0.1) is 6.04 Å². The van der Waals surface area contributed by atoms with Crippen LogP contribution in [0.2, 0.25) is 0 Å². The number of furan rings is 1. The smallest absolute Gasteiger partial charge is 0.287 e. The fraction of sp³-hybridized carbons (Fsp3) is 0.312. The first-order chi connectivity index (χ1) is 11.0. The Morgan fingerprint density at radius 2 is 2.17 bits per heavy atom. The average molecular weight is 315 g/mol. The molecule has 2 amide bonds. The number of H-pyrrole nitrogens is 1. The molecule has 4 N–H and O–H groups in total. The van der Waals surface area contributed by atoms with Crippen LogP contribution in [0, 0.1) is 6.92 Å². The van der Waals surface area contributed by atoms with Crippen molar-refractivity contribution in [1.82, 2.24) is 10.3 Å². The second-order valence-corrected chi connectivity index (χ2v) is 5.64. The van der Waals surface area contributed by atoms with Crippen molar-refractivity contribution in [3.8, 4) is 0 Å². The molecule has 1 aliphatic rings. The first kappa shape index (κ1) is 15.1. The van der Waals surface area contributed by atoms with E-state index in [0.717, 1.165) is 17.7 Å². The summed E-state index contributed by atoms with van der Waals surface area (Å²) in [6, 6.07) is 4.50. The molecule has 0 radical (unpaired) electrons.